The summed E-state index contributed by atoms with van der Waals surface area (Å²) in [5.41, 5.74) is 6.51. The Labute approximate surface area is 99.6 Å². The summed E-state index contributed by atoms with van der Waals surface area (Å²) in [5, 5.41) is 9.03. The van der Waals surface area contributed by atoms with Gasteiger partial charge in [-0.2, -0.15) is 0 Å². The molecule has 15 heavy (non-hydrogen) atoms. The van der Waals surface area contributed by atoms with Crippen LogP contribution in [-0.2, 0) is 11.2 Å². The number of phenols is 1. The van der Waals surface area contributed by atoms with Crippen molar-refractivity contribution < 1.29 is 9.90 Å². The fourth-order valence-electron chi connectivity index (χ4n) is 1.10. The Balaban J connectivity index is 0.00000196. The minimum Gasteiger partial charge on any atom is -0.508 e. The van der Waals surface area contributed by atoms with Gasteiger partial charge in [0.1, 0.15) is 5.75 Å². The smallest absolute Gasteiger partial charge is 0.164 e. The zero-order valence-corrected chi connectivity index (χ0v) is 9.59. The summed E-state index contributed by atoms with van der Waals surface area (Å²) < 4.78 is 0. The van der Waals surface area contributed by atoms with Gasteiger partial charge < -0.3 is 10.8 Å². The highest BCUT2D eigenvalue weighted by molar-refractivity contribution is 6.28. The Morgan fingerprint density at radius 2 is 1.93 bits per heavy atom. The van der Waals surface area contributed by atoms with Gasteiger partial charge in [-0.15, -0.1) is 24.0 Å². The molecule has 0 saturated carbocycles. The lowest BCUT2D eigenvalue weighted by Crippen LogP contribution is -2.33. The molecule has 0 amide bonds. The predicted octanol–water partition coefficient (Wildman–Crippen LogP) is 1.49. The van der Waals surface area contributed by atoms with Crippen LogP contribution in [0.15, 0.2) is 24.3 Å². The summed E-state index contributed by atoms with van der Waals surface area (Å²) in [4.78, 5) is 11.1. The molecule has 0 radical (unpaired) electrons. The van der Waals surface area contributed by atoms with Crippen LogP contribution in [0.25, 0.3) is 0 Å². The molecule has 0 heterocycles. The molecular weight excluding hydrogens is 237 g/mol. The number of aromatic hydroxyl groups is 1. The van der Waals surface area contributed by atoms with Crippen molar-refractivity contribution in [3.63, 3.8) is 0 Å². The van der Waals surface area contributed by atoms with Gasteiger partial charge in [0.15, 0.2) is 5.78 Å². The Kier molecular flexibility index (Phi) is 6.32. The Hall–Kier alpha value is -0.770. The van der Waals surface area contributed by atoms with E-state index >= 15 is 0 Å². The number of Topliss-reactive ketones (excluding diaryl/α,β-unsaturated/α-hetero) is 1. The summed E-state index contributed by atoms with van der Waals surface area (Å²) in [6.07, 6.45) is 0.450. The number of phenolic OH excluding ortho intramolecular Hbond substituents is 1. The van der Waals surface area contributed by atoms with Crippen LogP contribution in [0.5, 0.6) is 5.75 Å². The zero-order chi connectivity index (χ0) is 10.6. The van der Waals surface area contributed by atoms with Crippen LogP contribution < -0.4 is 5.73 Å². The van der Waals surface area contributed by atoms with Gasteiger partial charge in [0.2, 0.25) is 0 Å². The monoisotopic (exact) mass is 249 g/mol. The third kappa shape index (κ3) is 4.51. The van der Waals surface area contributed by atoms with E-state index in [2.05, 4.69) is 0 Å². The molecule has 0 bridgehead atoms. The van der Waals surface area contributed by atoms with Crippen molar-refractivity contribution in [2.45, 2.75) is 12.5 Å². The van der Waals surface area contributed by atoms with Gasteiger partial charge in [-0.25, -0.2) is 0 Å². The fraction of sp³-hybridized carbons (Fsp3) is 0.300. The van der Waals surface area contributed by atoms with Crippen molar-refractivity contribution in [1.29, 1.82) is 0 Å². The number of hydrogen-bond acceptors (Lipinski definition) is 3. The summed E-state index contributed by atoms with van der Waals surface area (Å²) in [6, 6.07) is 6.03. The molecule has 0 aliphatic rings. The number of rotatable bonds is 4. The topological polar surface area (TPSA) is 63.3 Å². The number of ketones is 1. The molecule has 84 valence electrons. The molecule has 1 unspecified atom stereocenters. The maximum absolute atomic E-state index is 11.1. The number of alkyl halides is 1. The first kappa shape index (κ1) is 14.2. The predicted molar refractivity (Wildman–Crippen MR) is 62.8 cm³/mol. The van der Waals surface area contributed by atoms with Gasteiger partial charge in [0.25, 0.3) is 0 Å². The van der Waals surface area contributed by atoms with Crippen LogP contribution in [0, 0.1) is 0 Å². The van der Waals surface area contributed by atoms with E-state index in [1.54, 1.807) is 24.3 Å². The van der Waals surface area contributed by atoms with E-state index in [1.807, 2.05) is 0 Å². The van der Waals surface area contributed by atoms with Crippen LogP contribution in [0.1, 0.15) is 5.56 Å². The zero-order valence-electron chi connectivity index (χ0n) is 8.02. The molecule has 3 nitrogen and oxygen atoms in total. The fourth-order valence-corrected chi connectivity index (χ4v) is 1.30. The molecule has 3 N–H and O–H groups in total. The van der Waals surface area contributed by atoms with Gasteiger partial charge in [-0.1, -0.05) is 12.1 Å². The second kappa shape index (κ2) is 6.67. The lowest BCUT2D eigenvalue weighted by Gasteiger charge is -2.08. The summed E-state index contributed by atoms with van der Waals surface area (Å²) >= 11 is 5.37. The molecular formula is C10H13Cl2NO2. The van der Waals surface area contributed by atoms with Crippen LogP contribution in [0.4, 0.5) is 0 Å². The van der Waals surface area contributed by atoms with Crippen molar-refractivity contribution in [3.05, 3.63) is 29.8 Å². The second-order valence-corrected chi connectivity index (χ2v) is 3.34. The number of halogens is 2. The van der Waals surface area contributed by atoms with Crippen molar-refractivity contribution in [2.75, 3.05) is 5.88 Å². The first-order valence-electron chi connectivity index (χ1n) is 4.25. The maximum Gasteiger partial charge on any atom is 0.164 e. The molecule has 0 aliphatic heterocycles. The van der Waals surface area contributed by atoms with Crippen molar-refractivity contribution >= 4 is 29.8 Å². The first-order valence-corrected chi connectivity index (χ1v) is 4.79. The van der Waals surface area contributed by atoms with Crippen LogP contribution in [-0.4, -0.2) is 22.8 Å². The molecule has 1 atom stereocenters. The first-order chi connectivity index (χ1) is 6.63. The minimum absolute atomic E-state index is 0. The Morgan fingerprint density at radius 3 is 2.40 bits per heavy atom. The third-order valence-electron chi connectivity index (χ3n) is 1.94. The third-order valence-corrected chi connectivity index (χ3v) is 2.20. The highest BCUT2D eigenvalue weighted by atomic mass is 35.5. The van der Waals surface area contributed by atoms with E-state index in [-0.39, 0.29) is 29.8 Å². The summed E-state index contributed by atoms with van der Waals surface area (Å²) in [5.74, 6) is -0.0232. The number of carbonyl (C=O) groups excluding carboxylic acids is 1. The molecule has 0 spiro atoms. The maximum atomic E-state index is 11.1. The molecule has 0 fully saturated rings. The van der Waals surface area contributed by atoms with E-state index in [1.165, 1.54) is 0 Å². The van der Waals surface area contributed by atoms with Crippen LogP contribution in [0.3, 0.4) is 0 Å². The van der Waals surface area contributed by atoms with Crippen molar-refractivity contribution in [2.24, 2.45) is 5.73 Å². The minimum atomic E-state index is -0.558. The molecule has 0 aromatic heterocycles. The quantitative estimate of drug-likeness (QED) is 0.796. The normalized spacial score (nSPS) is 11.6. The lowest BCUT2D eigenvalue weighted by molar-refractivity contribution is -0.117. The molecule has 1 aromatic rings. The number of nitrogens with two attached hydrogens (primary N) is 1. The van der Waals surface area contributed by atoms with Gasteiger partial charge in [0.05, 0.1) is 11.9 Å². The van der Waals surface area contributed by atoms with Crippen molar-refractivity contribution in [1.82, 2.24) is 0 Å². The molecule has 0 aliphatic carbocycles. The van der Waals surface area contributed by atoms with Crippen LogP contribution in [0.2, 0.25) is 0 Å². The van der Waals surface area contributed by atoms with Gasteiger partial charge >= 0.3 is 0 Å². The average Bonchev–Trinajstić information content (AvgIpc) is 2.20. The second-order valence-electron chi connectivity index (χ2n) is 3.08. The van der Waals surface area contributed by atoms with Crippen molar-refractivity contribution in [3.8, 4) is 5.75 Å². The average molecular weight is 250 g/mol. The number of benzene rings is 1. The highest BCUT2D eigenvalue weighted by Crippen LogP contribution is 2.11. The molecule has 0 saturated heterocycles. The lowest BCUT2D eigenvalue weighted by atomic mass is 10.0. The largest absolute Gasteiger partial charge is 0.508 e. The van der Waals surface area contributed by atoms with E-state index in [0.29, 0.717) is 6.42 Å². The van der Waals surface area contributed by atoms with E-state index in [4.69, 9.17) is 22.4 Å². The SMILES string of the molecule is Cl.NC(Cc1ccc(O)cc1)C(=O)CCl. The highest BCUT2D eigenvalue weighted by Gasteiger charge is 2.12. The summed E-state index contributed by atoms with van der Waals surface area (Å²) in [6.45, 7) is 0. The Morgan fingerprint density at radius 1 is 1.40 bits per heavy atom. The number of carbonyl (C=O) groups is 1. The standard InChI is InChI=1S/C10H12ClNO2.ClH/c11-6-10(14)9(12)5-7-1-3-8(13)4-2-7;/h1-4,9,13H,5-6,12H2;1H. The van der Waals surface area contributed by atoms with Gasteiger partial charge in [-0.3, -0.25) is 4.79 Å². The van der Waals surface area contributed by atoms with E-state index < -0.39 is 6.04 Å². The summed E-state index contributed by atoms with van der Waals surface area (Å²) in [7, 11) is 0. The van der Waals surface area contributed by atoms with Gasteiger partial charge in [0, 0.05) is 0 Å². The van der Waals surface area contributed by atoms with E-state index in [0.717, 1.165) is 5.56 Å². The Bertz CT molecular complexity index is 314. The number of hydrogen-bond donors (Lipinski definition) is 2. The molecule has 5 heteroatoms. The van der Waals surface area contributed by atoms with Gasteiger partial charge in [-0.05, 0) is 24.1 Å². The van der Waals surface area contributed by atoms with E-state index in [9.17, 15) is 4.79 Å². The molecule has 1 aromatic carbocycles. The van der Waals surface area contributed by atoms with Crippen LogP contribution >= 0.6 is 24.0 Å². The molecule has 1 rings (SSSR count).